The van der Waals surface area contributed by atoms with E-state index in [0.717, 1.165) is 5.56 Å². The number of methoxy groups -OCH3 is 1. The first kappa shape index (κ1) is 15.1. The molecule has 0 aliphatic heterocycles. The number of aryl methyl sites for hydroxylation is 1. The standard InChI is InChI=1S/C17H14ClNO2/c1-11-3-6-13(18)9-15(11)17(20)16(10-19)12-4-7-14(21-2)8-5-12/h3-9,16H,1-2H3. The number of ketones is 1. The van der Waals surface area contributed by atoms with Gasteiger partial charge in [0.05, 0.1) is 13.2 Å². The van der Waals surface area contributed by atoms with E-state index in [1.165, 1.54) is 0 Å². The predicted octanol–water partition coefficient (Wildman–Crippen LogP) is 4.15. The molecule has 0 N–H and O–H groups in total. The summed E-state index contributed by atoms with van der Waals surface area (Å²) in [6.07, 6.45) is 0. The summed E-state index contributed by atoms with van der Waals surface area (Å²) in [5.74, 6) is -0.419. The van der Waals surface area contributed by atoms with Crippen molar-refractivity contribution in [1.82, 2.24) is 0 Å². The van der Waals surface area contributed by atoms with E-state index in [4.69, 9.17) is 16.3 Å². The topological polar surface area (TPSA) is 50.1 Å². The molecule has 0 saturated heterocycles. The highest BCUT2D eigenvalue weighted by Gasteiger charge is 2.23. The number of hydrogen-bond acceptors (Lipinski definition) is 3. The van der Waals surface area contributed by atoms with E-state index in [9.17, 15) is 10.1 Å². The van der Waals surface area contributed by atoms with Crippen LogP contribution in [0.15, 0.2) is 42.5 Å². The molecule has 4 heteroatoms. The molecule has 2 rings (SSSR count). The van der Waals surface area contributed by atoms with Gasteiger partial charge in [-0.1, -0.05) is 29.8 Å². The third kappa shape index (κ3) is 3.24. The number of nitriles is 1. The quantitative estimate of drug-likeness (QED) is 0.797. The van der Waals surface area contributed by atoms with Crippen molar-refractivity contribution in [2.75, 3.05) is 7.11 Å². The molecule has 2 aromatic rings. The Balaban J connectivity index is 2.38. The molecular weight excluding hydrogens is 286 g/mol. The second-order valence-electron chi connectivity index (χ2n) is 4.66. The van der Waals surface area contributed by atoms with Crippen LogP contribution < -0.4 is 4.74 Å². The van der Waals surface area contributed by atoms with Gasteiger partial charge in [-0.05, 0) is 42.3 Å². The van der Waals surface area contributed by atoms with Crippen LogP contribution in [0.25, 0.3) is 0 Å². The third-order valence-electron chi connectivity index (χ3n) is 3.31. The van der Waals surface area contributed by atoms with E-state index >= 15 is 0 Å². The molecule has 0 aliphatic rings. The number of benzene rings is 2. The normalized spacial score (nSPS) is 11.5. The molecule has 1 unspecified atom stereocenters. The van der Waals surface area contributed by atoms with E-state index in [1.807, 2.05) is 6.92 Å². The van der Waals surface area contributed by atoms with Gasteiger partial charge in [0.25, 0.3) is 0 Å². The maximum Gasteiger partial charge on any atom is 0.184 e. The summed E-state index contributed by atoms with van der Waals surface area (Å²) in [6.45, 7) is 1.83. The van der Waals surface area contributed by atoms with Crippen molar-refractivity contribution in [2.24, 2.45) is 0 Å². The minimum atomic E-state index is -0.854. The Morgan fingerprint density at radius 3 is 2.48 bits per heavy atom. The molecule has 1 atom stereocenters. The predicted molar refractivity (Wildman–Crippen MR) is 81.9 cm³/mol. The summed E-state index contributed by atoms with van der Waals surface area (Å²) in [4.78, 5) is 12.6. The average Bonchev–Trinajstić information content (AvgIpc) is 2.51. The van der Waals surface area contributed by atoms with Crippen LogP contribution >= 0.6 is 11.6 Å². The molecule has 0 radical (unpaired) electrons. The Bertz CT molecular complexity index is 702. The lowest BCUT2D eigenvalue weighted by Gasteiger charge is -2.11. The minimum absolute atomic E-state index is 0.248. The lowest BCUT2D eigenvalue weighted by molar-refractivity contribution is 0.0978. The SMILES string of the molecule is COc1ccc(C(C#N)C(=O)c2cc(Cl)ccc2C)cc1. The average molecular weight is 300 g/mol. The number of rotatable bonds is 4. The van der Waals surface area contributed by atoms with Gasteiger partial charge in [-0.25, -0.2) is 0 Å². The summed E-state index contributed by atoms with van der Waals surface area (Å²) in [5.41, 5.74) is 1.92. The molecule has 0 amide bonds. The van der Waals surface area contributed by atoms with Crippen LogP contribution in [0.2, 0.25) is 5.02 Å². The monoisotopic (exact) mass is 299 g/mol. The van der Waals surface area contributed by atoms with Crippen LogP contribution in [0.1, 0.15) is 27.4 Å². The first-order valence-electron chi connectivity index (χ1n) is 6.40. The minimum Gasteiger partial charge on any atom is -0.497 e. The first-order valence-corrected chi connectivity index (χ1v) is 6.78. The Morgan fingerprint density at radius 1 is 1.24 bits per heavy atom. The smallest absolute Gasteiger partial charge is 0.184 e. The Kier molecular flexibility index (Phi) is 4.62. The fourth-order valence-corrected chi connectivity index (χ4v) is 2.27. The molecule has 0 aromatic heterocycles. The molecule has 0 fully saturated rings. The summed E-state index contributed by atoms with van der Waals surface area (Å²) in [7, 11) is 1.57. The molecule has 2 aromatic carbocycles. The van der Waals surface area contributed by atoms with Gasteiger partial charge < -0.3 is 4.74 Å². The van der Waals surface area contributed by atoms with Crippen LogP contribution in [0, 0.1) is 18.3 Å². The number of carbonyl (C=O) groups excluding carboxylic acids is 1. The zero-order valence-electron chi connectivity index (χ0n) is 11.8. The van der Waals surface area contributed by atoms with Crippen LogP contribution in [0.3, 0.4) is 0 Å². The highest BCUT2D eigenvalue weighted by molar-refractivity contribution is 6.31. The largest absolute Gasteiger partial charge is 0.497 e. The van der Waals surface area contributed by atoms with Crippen molar-refractivity contribution in [3.05, 3.63) is 64.2 Å². The number of nitrogens with zero attached hydrogens (tertiary/aromatic N) is 1. The maximum absolute atomic E-state index is 12.6. The van der Waals surface area contributed by atoms with Gasteiger partial charge in [-0.15, -0.1) is 0 Å². The molecule has 21 heavy (non-hydrogen) atoms. The second kappa shape index (κ2) is 6.43. The summed E-state index contributed by atoms with van der Waals surface area (Å²) in [6, 6.07) is 14.1. The van der Waals surface area contributed by atoms with Crippen molar-refractivity contribution in [3.63, 3.8) is 0 Å². The van der Waals surface area contributed by atoms with E-state index in [2.05, 4.69) is 6.07 Å². The van der Waals surface area contributed by atoms with E-state index in [-0.39, 0.29) is 5.78 Å². The lowest BCUT2D eigenvalue weighted by Crippen LogP contribution is -2.12. The molecule has 0 bridgehead atoms. The van der Waals surface area contributed by atoms with Crippen molar-refractivity contribution >= 4 is 17.4 Å². The first-order chi connectivity index (χ1) is 10.1. The van der Waals surface area contributed by atoms with E-state index in [0.29, 0.717) is 21.9 Å². The molecular formula is C17H14ClNO2. The number of hydrogen-bond donors (Lipinski definition) is 0. The number of Topliss-reactive ketones (excluding diaryl/α,β-unsaturated/α-hetero) is 1. The third-order valence-corrected chi connectivity index (χ3v) is 3.54. The number of ether oxygens (including phenoxy) is 1. The molecule has 0 saturated carbocycles. The summed E-state index contributed by atoms with van der Waals surface area (Å²) >= 11 is 5.94. The molecule has 0 spiro atoms. The number of halogens is 1. The number of carbonyl (C=O) groups is 1. The fraction of sp³-hybridized carbons (Fsp3) is 0.176. The van der Waals surface area contributed by atoms with Crippen LogP contribution in [-0.2, 0) is 0 Å². The van der Waals surface area contributed by atoms with Crippen molar-refractivity contribution in [2.45, 2.75) is 12.8 Å². The van der Waals surface area contributed by atoms with Gasteiger partial charge in [0.15, 0.2) is 5.78 Å². The summed E-state index contributed by atoms with van der Waals surface area (Å²) < 4.78 is 5.08. The van der Waals surface area contributed by atoms with Crippen LogP contribution in [-0.4, -0.2) is 12.9 Å². The molecule has 106 valence electrons. The van der Waals surface area contributed by atoms with Crippen LogP contribution in [0.5, 0.6) is 5.75 Å². The Hall–Kier alpha value is -2.31. The molecule has 0 aliphatic carbocycles. The zero-order valence-corrected chi connectivity index (χ0v) is 12.5. The summed E-state index contributed by atoms with van der Waals surface area (Å²) in [5, 5.41) is 9.84. The van der Waals surface area contributed by atoms with Crippen LogP contribution in [0.4, 0.5) is 0 Å². The van der Waals surface area contributed by atoms with Gasteiger partial charge in [-0.2, -0.15) is 5.26 Å². The van der Waals surface area contributed by atoms with Gasteiger partial charge >= 0.3 is 0 Å². The molecule has 3 nitrogen and oxygen atoms in total. The van der Waals surface area contributed by atoms with E-state index in [1.54, 1.807) is 49.6 Å². The Labute approximate surface area is 128 Å². The Morgan fingerprint density at radius 2 is 1.90 bits per heavy atom. The van der Waals surface area contributed by atoms with Gasteiger partial charge in [0.1, 0.15) is 11.7 Å². The van der Waals surface area contributed by atoms with E-state index < -0.39 is 5.92 Å². The van der Waals surface area contributed by atoms with Crippen molar-refractivity contribution in [3.8, 4) is 11.8 Å². The fourth-order valence-electron chi connectivity index (χ4n) is 2.10. The molecule has 0 heterocycles. The van der Waals surface area contributed by atoms with Gasteiger partial charge in [0, 0.05) is 10.6 Å². The van der Waals surface area contributed by atoms with Gasteiger partial charge in [-0.3, -0.25) is 4.79 Å². The van der Waals surface area contributed by atoms with Crippen molar-refractivity contribution in [1.29, 1.82) is 5.26 Å². The second-order valence-corrected chi connectivity index (χ2v) is 5.10. The lowest BCUT2D eigenvalue weighted by atomic mass is 9.90. The highest BCUT2D eigenvalue weighted by atomic mass is 35.5. The van der Waals surface area contributed by atoms with Crippen molar-refractivity contribution < 1.29 is 9.53 Å². The van der Waals surface area contributed by atoms with Gasteiger partial charge in [0.2, 0.25) is 0 Å². The highest BCUT2D eigenvalue weighted by Crippen LogP contribution is 2.25. The maximum atomic E-state index is 12.6. The zero-order chi connectivity index (χ0) is 15.4.